The van der Waals surface area contributed by atoms with Crippen molar-refractivity contribution in [2.45, 2.75) is 38.8 Å². The predicted octanol–water partition coefficient (Wildman–Crippen LogP) is 2.36. The van der Waals surface area contributed by atoms with Gasteiger partial charge in [-0.05, 0) is 38.5 Å². The fourth-order valence-electron chi connectivity index (χ4n) is 1.73. The Morgan fingerprint density at radius 2 is 1.91 bits per heavy atom. The number of aliphatic carboxylic acids is 1. The number of ether oxygens (including phenoxy) is 1. The molecule has 1 atom stereocenters. The van der Waals surface area contributed by atoms with E-state index in [4.69, 9.17) is 15.1 Å². The molecule has 0 radical (unpaired) electrons. The Labute approximate surface area is 131 Å². The second kappa shape index (κ2) is 7.05. The minimum absolute atomic E-state index is 0.0325. The summed E-state index contributed by atoms with van der Waals surface area (Å²) in [6.45, 7) is 4.81. The van der Waals surface area contributed by atoms with Gasteiger partial charge in [0.25, 0.3) is 0 Å². The number of nitriles is 1. The van der Waals surface area contributed by atoms with E-state index in [2.05, 4.69) is 5.32 Å². The molecular formula is C15H16F2N2O4. The van der Waals surface area contributed by atoms with Crippen molar-refractivity contribution in [2.24, 2.45) is 0 Å². The molecule has 0 heterocycles. The molecule has 0 aliphatic heterocycles. The van der Waals surface area contributed by atoms with Gasteiger partial charge in [0, 0.05) is 6.42 Å². The number of benzene rings is 1. The fraction of sp³-hybridized carbons (Fsp3) is 0.400. The first-order valence-corrected chi connectivity index (χ1v) is 6.64. The average Bonchev–Trinajstić information content (AvgIpc) is 2.39. The van der Waals surface area contributed by atoms with Crippen molar-refractivity contribution in [1.82, 2.24) is 5.32 Å². The number of carbonyl (C=O) groups is 2. The number of amides is 1. The predicted molar refractivity (Wildman–Crippen MR) is 75.6 cm³/mol. The van der Waals surface area contributed by atoms with E-state index < -0.39 is 41.8 Å². The van der Waals surface area contributed by atoms with Gasteiger partial charge >= 0.3 is 12.1 Å². The molecule has 124 valence electrons. The van der Waals surface area contributed by atoms with E-state index in [1.165, 1.54) is 0 Å². The molecule has 8 heteroatoms. The third kappa shape index (κ3) is 5.54. The number of carboxylic acids is 1. The number of carbonyl (C=O) groups excluding carboxylic acids is 1. The van der Waals surface area contributed by atoms with Crippen molar-refractivity contribution in [3.8, 4) is 6.07 Å². The van der Waals surface area contributed by atoms with Crippen molar-refractivity contribution in [2.75, 3.05) is 0 Å². The van der Waals surface area contributed by atoms with E-state index in [-0.39, 0.29) is 11.1 Å². The summed E-state index contributed by atoms with van der Waals surface area (Å²) in [5, 5.41) is 20.2. The summed E-state index contributed by atoms with van der Waals surface area (Å²) in [5.41, 5.74) is -1.07. The third-order valence-corrected chi connectivity index (χ3v) is 2.68. The lowest BCUT2D eigenvalue weighted by Crippen LogP contribution is -2.44. The van der Waals surface area contributed by atoms with Crippen molar-refractivity contribution >= 4 is 12.1 Å². The highest BCUT2D eigenvalue weighted by molar-refractivity contribution is 5.80. The summed E-state index contributed by atoms with van der Waals surface area (Å²) >= 11 is 0. The summed E-state index contributed by atoms with van der Waals surface area (Å²) in [7, 11) is 0. The van der Waals surface area contributed by atoms with Crippen LogP contribution in [0.5, 0.6) is 0 Å². The van der Waals surface area contributed by atoms with Crippen LogP contribution in [0.15, 0.2) is 12.1 Å². The Morgan fingerprint density at radius 3 is 2.39 bits per heavy atom. The number of hydrogen-bond acceptors (Lipinski definition) is 4. The maximum atomic E-state index is 13.3. The van der Waals surface area contributed by atoms with Gasteiger partial charge in [0.05, 0.1) is 11.6 Å². The van der Waals surface area contributed by atoms with Crippen molar-refractivity contribution in [3.05, 3.63) is 34.9 Å². The summed E-state index contributed by atoms with van der Waals surface area (Å²) < 4.78 is 31.3. The van der Waals surface area contributed by atoms with Crippen LogP contribution in [0, 0.1) is 23.0 Å². The molecule has 0 aliphatic carbocycles. The monoisotopic (exact) mass is 326 g/mol. The standard InChI is InChI=1S/C15H16F2N2O4/c1-15(2,3)23-14(22)19-12(13(20)21)6-8-4-10(16)11(17)5-9(8)7-18/h4-5,12H,6H2,1-3H3,(H,19,22)(H,20,21)/t12-/m0/s1. The first-order chi connectivity index (χ1) is 10.5. The van der Waals surface area contributed by atoms with Gasteiger partial charge in [0.2, 0.25) is 0 Å². The molecule has 0 saturated heterocycles. The number of nitrogens with one attached hydrogen (secondary N) is 1. The zero-order valence-electron chi connectivity index (χ0n) is 12.8. The highest BCUT2D eigenvalue weighted by Crippen LogP contribution is 2.17. The zero-order valence-corrected chi connectivity index (χ0v) is 12.8. The highest BCUT2D eigenvalue weighted by atomic mass is 19.2. The minimum atomic E-state index is -1.46. The second-order valence-corrected chi connectivity index (χ2v) is 5.78. The van der Waals surface area contributed by atoms with E-state index >= 15 is 0 Å². The lowest BCUT2D eigenvalue weighted by atomic mass is 10.0. The number of halogens is 2. The Balaban J connectivity index is 2.98. The summed E-state index contributed by atoms with van der Waals surface area (Å²) in [5.74, 6) is -3.82. The van der Waals surface area contributed by atoms with Gasteiger partial charge in [-0.1, -0.05) is 0 Å². The van der Waals surface area contributed by atoms with Gasteiger partial charge in [-0.25, -0.2) is 18.4 Å². The van der Waals surface area contributed by atoms with E-state index in [1.54, 1.807) is 26.8 Å². The highest BCUT2D eigenvalue weighted by Gasteiger charge is 2.25. The smallest absolute Gasteiger partial charge is 0.408 e. The first kappa shape index (κ1) is 18.4. The van der Waals surface area contributed by atoms with Crippen LogP contribution >= 0.6 is 0 Å². The van der Waals surface area contributed by atoms with Crippen LogP contribution in [0.2, 0.25) is 0 Å². The summed E-state index contributed by atoms with van der Waals surface area (Å²) in [4.78, 5) is 22.9. The lowest BCUT2D eigenvalue weighted by Gasteiger charge is -2.22. The van der Waals surface area contributed by atoms with Crippen LogP contribution in [-0.2, 0) is 16.0 Å². The first-order valence-electron chi connectivity index (χ1n) is 6.64. The van der Waals surface area contributed by atoms with Crippen molar-refractivity contribution in [3.63, 3.8) is 0 Å². The Bertz CT molecular complexity index is 663. The molecule has 1 aromatic carbocycles. The minimum Gasteiger partial charge on any atom is -0.480 e. The van der Waals surface area contributed by atoms with Crippen LogP contribution in [-0.4, -0.2) is 28.8 Å². The van der Waals surface area contributed by atoms with Crippen LogP contribution in [0.25, 0.3) is 0 Å². The topological polar surface area (TPSA) is 99.4 Å². The number of alkyl carbamates (subject to hydrolysis) is 1. The molecule has 6 nitrogen and oxygen atoms in total. The quantitative estimate of drug-likeness (QED) is 0.885. The van der Waals surface area contributed by atoms with Gasteiger partial charge in [0.1, 0.15) is 11.6 Å². The van der Waals surface area contributed by atoms with E-state index in [0.29, 0.717) is 6.07 Å². The molecule has 0 saturated carbocycles. The molecule has 0 bridgehead atoms. The van der Waals surface area contributed by atoms with Crippen LogP contribution in [0.3, 0.4) is 0 Å². The molecule has 0 aliphatic rings. The largest absolute Gasteiger partial charge is 0.480 e. The maximum Gasteiger partial charge on any atom is 0.408 e. The second-order valence-electron chi connectivity index (χ2n) is 5.78. The van der Waals surface area contributed by atoms with Gasteiger partial charge in [0.15, 0.2) is 11.6 Å². The van der Waals surface area contributed by atoms with Crippen molar-refractivity contribution < 1.29 is 28.2 Å². The zero-order chi connectivity index (χ0) is 17.8. The van der Waals surface area contributed by atoms with Gasteiger partial charge < -0.3 is 15.2 Å². The SMILES string of the molecule is CC(C)(C)OC(=O)N[C@@H](Cc1cc(F)c(F)cc1C#N)C(=O)O. The molecule has 0 spiro atoms. The van der Waals surface area contributed by atoms with Crippen molar-refractivity contribution in [1.29, 1.82) is 5.26 Å². The van der Waals surface area contributed by atoms with Gasteiger partial charge in [-0.15, -0.1) is 0 Å². The lowest BCUT2D eigenvalue weighted by molar-refractivity contribution is -0.139. The molecule has 1 rings (SSSR count). The number of rotatable bonds is 4. The average molecular weight is 326 g/mol. The van der Waals surface area contributed by atoms with E-state index in [1.807, 2.05) is 0 Å². The Kier molecular flexibility index (Phi) is 5.62. The van der Waals surface area contributed by atoms with Crippen LogP contribution in [0.1, 0.15) is 31.9 Å². The molecular weight excluding hydrogens is 310 g/mol. The molecule has 23 heavy (non-hydrogen) atoms. The van der Waals surface area contributed by atoms with E-state index in [9.17, 15) is 18.4 Å². The molecule has 1 amide bonds. The van der Waals surface area contributed by atoms with Gasteiger partial charge in [-0.2, -0.15) is 5.26 Å². The Hall–Kier alpha value is -2.69. The fourth-order valence-corrected chi connectivity index (χ4v) is 1.73. The molecule has 2 N–H and O–H groups in total. The van der Waals surface area contributed by atoms with Crippen LogP contribution < -0.4 is 5.32 Å². The third-order valence-electron chi connectivity index (χ3n) is 2.68. The normalized spacial score (nSPS) is 12.2. The number of carboxylic acid groups (broad SMARTS) is 1. The summed E-state index contributed by atoms with van der Waals surface area (Å²) in [6, 6.07) is 1.61. The summed E-state index contributed by atoms with van der Waals surface area (Å²) in [6.07, 6.45) is -1.36. The number of nitrogens with zero attached hydrogens (tertiary/aromatic N) is 1. The number of hydrogen-bond donors (Lipinski definition) is 2. The van der Waals surface area contributed by atoms with Crippen LogP contribution in [0.4, 0.5) is 13.6 Å². The molecule has 0 unspecified atom stereocenters. The Morgan fingerprint density at radius 1 is 1.35 bits per heavy atom. The van der Waals surface area contributed by atoms with Gasteiger partial charge in [-0.3, -0.25) is 0 Å². The molecule has 0 fully saturated rings. The maximum absolute atomic E-state index is 13.3. The molecule has 0 aromatic heterocycles. The van der Waals surface area contributed by atoms with E-state index in [0.717, 1.165) is 6.07 Å². The molecule has 1 aromatic rings.